The molecule has 2 fully saturated rings. The zero-order valence-corrected chi connectivity index (χ0v) is 19.1. The first kappa shape index (κ1) is 22.1. The lowest BCUT2D eigenvalue weighted by atomic mass is 9.86. The number of piperidine rings is 1. The fourth-order valence-electron chi connectivity index (χ4n) is 5.19. The first-order chi connectivity index (χ1) is 15.2. The van der Waals surface area contributed by atoms with Gasteiger partial charge < -0.3 is 9.47 Å². The van der Waals surface area contributed by atoms with Gasteiger partial charge in [0, 0.05) is 11.9 Å². The van der Waals surface area contributed by atoms with E-state index in [0.717, 1.165) is 44.1 Å². The molecule has 1 saturated carbocycles. The van der Waals surface area contributed by atoms with Crippen LogP contribution in [0.2, 0.25) is 0 Å². The Bertz CT molecular complexity index is 864. The van der Waals surface area contributed by atoms with Gasteiger partial charge in [0.15, 0.2) is 0 Å². The summed E-state index contributed by atoms with van der Waals surface area (Å²) in [6.07, 6.45) is 8.38. The molecule has 0 spiro atoms. The van der Waals surface area contributed by atoms with Gasteiger partial charge in [-0.2, -0.15) is 0 Å². The molecule has 0 amide bonds. The Morgan fingerprint density at radius 3 is 2.48 bits per heavy atom. The zero-order chi connectivity index (χ0) is 21.6. The highest BCUT2D eigenvalue weighted by Gasteiger charge is 2.26. The summed E-state index contributed by atoms with van der Waals surface area (Å²) in [4.78, 5) is 14.4. The van der Waals surface area contributed by atoms with Crippen LogP contribution in [-0.2, 0) is 16.1 Å². The summed E-state index contributed by atoms with van der Waals surface area (Å²) in [7, 11) is 0. The lowest BCUT2D eigenvalue weighted by Crippen LogP contribution is -2.36. The fraction of sp³-hybridized carbons (Fsp3) is 0.593. The first-order valence-corrected chi connectivity index (χ1v) is 12.2. The molecule has 2 aromatic rings. The number of carbonyl (C=O) groups excluding carboxylic acids is 1. The van der Waals surface area contributed by atoms with Crippen LogP contribution >= 0.6 is 0 Å². The molecule has 1 aliphatic carbocycles. The van der Waals surface area contributed by atoms with Gasteiger partial charge in [0.1, 0.15) is 5.75 Å². The molecule has 1 heterocycles. The van der Waals surface area contributed by atoms with E-state index in [2.05, 4.69) is 48.2 Å². The van der Waals surface area contributed by atoms with Crippen LogP contribution in [0, 0.1) is 11.8 Å². The minimum atomic E-state index is -0.0245. The van der Waals surface area contributed by atoms with Crippen molar-refractivity contribution in [3.63, 3.8) is 0 Å². The summed E-state index contributed by atoms with van der Waals surface area (Å²) in [5, 5.41) is 2.46. The molecule has 0 bridgehead atoms. The van der Waals surface area contributed by atoms with E-state index in [0.29, 0.717) is 12.7 Å². The van der Waals surface area contributed by atoms with E-state index >= 15 is 0 Å². The number of likely N-dealkylation sites (tertiary alicyclic amines) is 1. The number of benzene rings is 2. The molecule has 2 aromatic carbocycles. The van der Waals surface area contributed by atoms with E-state index < -0.39 is 0 Å². The molecule has 4 nitrogen and oxygen atoms in total. The van der Waals surface area contributed by atoms with E-state index in [1.807, 2.05) is 6.92 Å². The minimum Gasteiger partial charge on any atom is -0.490 e. The summed E-state index contributed by atoms with van der Waals surface area (Å²) in [6, 6.07) is 13.2. The number of hydrogen-bond donors (Lipinski definition) is 0. The van der Waals surface area contributed by atoms with Gasteiger partial charge in [-0.15, -0.1) is 0 Å². The molecule has 0 unspecified atom stereocenters. The number of esters is 1. The Balaban J connectivity index is 1.36. The third kappa shape index (κ3) is 5.60. The quantitative estimate of drug-likeness (QED) is 0.515. The highest BCUT2D eigenvalue weighted by molar-refractivity contribution is 5.88. The predicted octanol–water partition coefficient (Wildman–Crippen LogP) is 5.96. The van der Waals surface area contributed by atoms with Gasteiger partial charge in [0.25, 0.3) is 0 Å². The van der Waals surface area contributed by atoms with Crippen LogP contribution < -0.4 is 4.74 Å². The molecule has 31 heavy (non-hydrogen) atoms. The second-order valence-corrected chi connectivity index (χ2v) is 9.28. The average Bonchev–Trinajstić information content (AvgIpc) is 2.80. The first-order valence-electron chi connectivity index (χ1n) is 12.2. The SMILES string of the molecule is CCOC(=O)C1CCN(Cc2ccc3c(OC4CCC(CC)CC4)cccc3c2)CC1. The van der Waals surface area contributed by atoms with Crippen LogP contribution in [0.5, 0.6) is 5.75 Å². The Kier molecular flexibility index (Phi) is 7.49. The Labute approximate surface area is 186 Å². The molecule has 0 aromatic heterocycles. The normalized spacial score (nSPS) is 23.0. The Morgan fingerprint density at radius 2 is 1.77 bits per heavy atom. The number of ether oxygens (including phenoxy) is 2. The fourth-order valence-corrected chi connectivity index (χ4v) is 5.19. The highest BCUT2D eigenvalue weighted by atomic mass is 16.5. The number of carbonyl (C=O) groups is 1. The molecule has 1 saturated heterocycles. The Morgan fingerprint density at radius 1 is 1.00 bits per heavy atom. The number of hydrogen-bond acceptors (Lipinski definition) is 4. The van der Waals surface area contributed by atoms with Gasteiger partial charge in [0.05, 0.1) is 18.6 Å². The van der Waals surface area contributed by atoms with Crippen molar-refractivity contribution in [2.45, 2.75) is 71.4 Å². The molecule has 0 radical (unpaired) electrons. The predicted molar refractivity (Wildman–Crippen MR) is 125 cm³/mol. The van der Waals surface area contributed by atoms with E-state index in [1.165, 1.54) is 48.4 Å². The number of fused-ring (bicyclic) bond motifs is 1. The molecule has 2 aliphatic rings. The van der Waals surface area contributed by atoms with Crippen molar-refractivity contribution in [1.82, 2.24) is 4.90 Å². The van der Waals surface area contributed by atoms with Crippen LogP contribution in [0.1, 0.15) is 64.4 Å². The van der Waals surface area contributed by atoms with Crippen LogP contribution in [0.15, 0.2) is 36.4 Å². The van der Waals surface area contributed by atoms with E-state index in [9.17, 15) is 4.79 Å². The van der Waals surface area contributed by atoms with Gasteiger partial charge in [-0.3, -0.25) is 9.69 Å². The summed E-state index contributed by atoms with van der Waals surface area (Å²) in [5.41, 5.74) is 1.32. The van der Waals surface area contributed by atoms with Crippen LogP contribution in [0.4, 0.5) is 0 Å². The lowest BCUT2D eigenvalue weighted by Gasteiger charge is -2.31. The summed E-state index contributed by atoms with van der Waals surface area (Å²) in [6.45, 7) is 7.48. The topological polar surface area (TPSA) is 38.8 Å². The summed E-state index contributed by atoms with van der Waals surface area (Å²) in [5.74, 6) is 1.96. The van der Waals surface area contributed by atoms with Gasteiger partial charge in [-0.25, -0.2) is 0 Å². The van der Waals surface area contributed by atoms with Crippen molar-refractivity contribution >= 4 is 16.7 Å². The van der Waals surface area contributed by atoms with Gasteiger partial charge >= 0.3 is 5.97 Å². The van der Waals surface area contributed by atoms with Crippen LogP contribution in [0.25, 0.3) is 10.8 Å². The minimum absolute atomic E-state index is 0.0245. The molecule has 0 N–H and O–H groups in total. The van der Waals surface area contributed by atoms with Gasteiger partial charge in [-0.1, -0.05) is 37.6 Å². The van der Waals surface area contributed by atoms with E-state index in [-0.39, 0.29) is 11.9 Å². The average molecular weight is 424 g/mol. The maximum atomic E-state index is 12.0. The van der Waals surface area contributed by atoms with Crippen molar-refractivity contribution in [3.05, 3.63) is 42.0 Å². The molecular formula is C27H37NO3. The highest BCUT2D eigenvalue weighted by Crippen LogP contribution is 2.33. The van der Waals surface area contributed by atoms with Crippen molar-refractivity contribution in [3.8, 4) is 5.75 Å². The van der Waals surface area contributed by atoms with Gasteiger partial charge in [-0.05, 0) is 87.5 Å². The summed E-state index contributed by atoms with van der Waals surface area (Å²) >= 11 is 0. The maximum Gasteiger partial charge on any atom is 0.309 e. The van der Waals surface area contributed by atoms with Crippen LogP contribution in [-0.4, -0.2) is 36.7 Å². The standard InChI is InChI=1S/C27H37NO3/c1-3-20-8-11-24(12-9-20)31-26-7-5-6-23-18-21(10-13-25(23)26)19-28-16-14-22(15-17-28)27(29)30-4-2/h5-7,10,13,18,20,22,24H,3-4,8-9,11-12,14-17,19H2,1-2H3. The van der Waals surface area contributed by atoms with Gasteiger partial charge in [0.2, 0.25) is 0 Å². The summed E-state index contributed by atoms with van der Waals surface area (Å²) < 4.78 is 11.6. The molecule has 4 rings (SSSR count). The second-order valence-electron chi connectivity index (χ2n) is 9.28. The number of nitrogens with zero attached hydrogens (tertiary/aromatic N) is 1. The number of rotatable bonds is 7. The van der Waals surface area contributed by atoms with Crippen molar-refractivity contribution in [2.75, 3.05) is 19.7 Å². The molecule has 4 heteroatoms. The van der Waals surface area contributed by atoms with Crippen molar-refractivity contribution in [1.29, 1.82) is 0 Å². The van der Waals surface area contributed by atoms with E-state index in [1.54, 1.807) is 0 Å². The van der Waals surface area contributed by atoms with Crippen molar-refractivity contribution in [2.24, 2.45) is 11.8 Å². The molecule has 1 aliphatic heterocycles. The van der Waals surface area contributed by atoms with E-state index in [4.69, 9.17) is 9.47 Å². The molecule has 168 valence electrons. The largest absolute Gasteiger partial charge is 0.490 e. The van der Waals surface area contributed by atoms with Crippen LogP contribution in [0.3, 0.4) is 0 Å². The van der Waals surface area contributed by atoms with Crippen molar-refractivity contribution < 1.29 is 14.3 Å². The molecule has 0 atom stereocenters. The zero-order valence-electron chi connectivity index (χ0n) is 19.1. The molecular weight excluding hydrogens is 386 g/mol. The second kappa shape index (κ2) is 10.5. The monoisotopic (exact) mass is 423 g/mol. The lowest BCUT2D eigenvalue weighted by molar-refractivity contribution is -0.149. The maximum absolute atomic E-state index is 12.0. The third-order valence-electron chi connectivity index (χ3n) is 7.18. The third-order valence-corrected chi connectivity index (χ3v) is 7.18. The Hall–Kier alpha value is -2.07. The smallest absolute Gasteiger partial charge is 0.309 e.